The lowest BCUT2D eigenvalue weighted by Gasteiger charge is -2.00. The minimum atomic E-state index is -0.903. The first-order valence-corrected chi connectivity index (χ1v) is 6.05. The fourth-order valence-electron chi connectivity index (χ4n) is 1.08. The Balaban J connectivity index is 3.03. The van der Waals surface area contributed by atoms with E-state index in [-0.39, 0.29) is 6.61 Å². The Hall–Kier alpha value is -2.20. The summed E-state index contributed by atoms with van der Waals surface area (Å²) in [4.78, 5) is 11.5. The van der Waals surface area contributed by atoms with Crippen molar-refractivity contribution in [2.45, 2.75) is 6.92 Å². The van der Waals surface area contributed by atoms with Crippen LogP contribution in [0.25, 0.3) is 0 Å². The first-order chi connectivity index (χ1) is 9.08. The highest BCUT2D eigenvalue weighted by Gasteiger charge is 2.16. The van der Waals surface area contributed by atoms with Gasteiger partial charge in [0.15, 0.2) is 0 Å². The third-order valence-electron chi connectivity index (χ3n) is 1.87. The molecule has 7 heteroatoms. The van der Waals surface area contributed by atoms with Crippen molar-refractivity contribution in [2.24, 2.45) is 10.2 Å². The Bertz CT molecular complexity index is 576. The number of carbonyl (C=O) groups is 1. The maximum Gasteiger partial charge on any atom is 0.363 e. The quantitative estimate of drug-likeness (QED) is 0.229. The summed E-state index contributed by atoms with van der Waals surface area (Å²) in [5, 5.41) is 25.2. The molecular weight excluding hydrogens is 314 g/mol. The molecule has 0 radical (unpaired) electrons. The van der Waals surface area contributed by atoms with Crippen molar-refractivity contribution in [1.82, 2.24) is 0 Å². The lowest BCUT2D eigenvalue weighted by Crippen LogP contribution is -2.08. The average molecular weight is 324 g/mol. The number of carbonyl (C=O) groups excluding carboxylic acids is 1. The Morgan fingerprint density at radius 1 is 1.58 bits per heavy atom. The van der Waals surface area contributed by atoms with E-state index in [0.29, 0.717) is 5.69 Å². The predicted molar refractivity (Wildman–Crippen MR) is 70.6 cm³/mol. The number of ether oxygens (including phenoxy) is 1. The molecule has 0 unspecified atom stereocenters. The largest absolute Gasteiger partial charge is 0.498 e. The van der Waals surface area contributed by atoms with Crippen molar-refractivity contribution < 1.29 is 14.6 Å². The van der Waals surface area contributed by atoms with Crippen LogP contribution in [0, 0.1) is 11.3 Å². The highest BCUT2D eigenvalue weighted by atomic mass is 79.9. The summed E-state index contributed by atoms with van der Waals surface area (Å²) in [6.07, 6.45) is 0. The van der Waals surface area contributed by atoms with Gasteiger partial charge in [-0.05, 0) is 25.1 Å². The molecule has 1 N–H and O–H groups in total. The lowest BCUT2D eigenvalue weighted by atomic mass is 10.3. The summed E-state index contributed by atoms with van der Waals surface area (Å²) in [7, 11) is 0. The number of esters is 1. The molecule has 0 aliphatic carbocycles. The molecule has 1 aromatic rings. The lowest BCUT2D eigenvalue weighted by molar-refractivity contribution is -0.138. The molecule has 6 nitrogen and oxygen atoms in total. The third-order valence-corrected chi connectivity index (χ3v) is 2.37. The second-order valence-electron chi connectivity index (χ2n) is 3.21. The Morgan fingerprint density at radius 2 is 2.32 bits per heavy atom. The van der Waals surface area contributed by atoms with Crippen molar-refractivity contribution >= 4 is 27.6 Å². The van der Waals surface area contributed by atoms with Gasteiger partial charge in [-0.1, -0.05) is 22.0 Å². The van der Waals surface area contributed by atoms with Gasteiger partial charge in [0.1, 0.15) is 6.07 Å². The third kappa shape index (κ3) is 4.52. The summed E-state index contributed by atoms with van der Waals surface area (Å²) in [6.45, 7) is 1.71. The van der Waals surface area contributed by atoms with E-state index in [0.717, 1.165) is 4.47 Å². The van der Waals surface area contributed by atoms with Gasteiger partial charge < -0.3 is 9.84 Å². The number of benzene rings is 1. The molecule has 1 rings (SSSR count). The van der Waals surface area contributed by atoms with Crippen LogP contribution in [0.1, 0.15) is 6.92 Å². The highest BCUT2D eigenvalue weighted by molar-refractivity contribution is 9.10. The summed E-state index contributed by atoms with van der Waals surface area (Å²) < 4.78 is 5.46. The maximum absolute atomic E-state index is 11.5. The summed E-state index contributed by atoms with van der Waals surface area (Å²) in [5.74, 6) is -1.74. The molecule has 0 amide bonds. The summed E-state index contributed by atoms with van der Waals surface area (Å²) >= 11 is 3.26. The molecule has 0 fully saturated rings. The van der Waals surface area contributed by atoms with E-state index in [1.807, 2.05) is 0 Å². The van der Waals surface area contributed by atoms with Gasteiger partial charge >= 0.3 is 5.97 Å². The zero-order valence-corrected chi connectivity index (χ0v) is 11.6. The van der Waals surface area contributed by atoms with Gasteiger partial charge in [0, 0.05) is 4.47 Å². The van der Waals surface area contributed by atoms with E-state index >= 15 is 0 Å². The predicted octanol–water partition coefficient (Wildman–Crippen LogP) is 3.39. The fraction of sp³-hybridized carbons (Fsp3) is 0.167. The first kappa shape index (κ1) is 14.9. The van der Waals surface area contributed by atoms with Crippen LogP contribution < -0.4 is 0 Å². The SMILES string of the molecule is CCOC(=O)/C(N=Nc1cccc(Br)c1)=C(/O)C#N. The molecule has 0 saturated carbocycles. The molecule has 0 bridgehead atoms. The van der Waals surface area contributed by atoms with Gasteiger partial charge in [0.25, 0.3) is 0 Å². The Kier molecular flexibility index (Phi) is 5.70. The molecular formula is C12H10BrN3O3. The number of nitrogens with zero attached hydrogens (tertiary/aromatic N) is 3. The number of azo groups is 1. The van der Waals surface area contributed by atoms with Crippen LogP contribution in [0.5, 0.6) is 0 Å². The molecule has 0 saturated heterocycles. The van der Waals surface area contributed by atoms with Crippen molar-refractivity contribution in [1.29, 1.82) is 5.26 Å². The monoisotopic (exact) mass is 323 g/mol. The molecule has 0 heterocycles. The Morgan fingerprint density at radius 3 is 2.89 bits per heavy atom. The zero-order chi connectivity index (χ0) is 14.3. The summed E-state index contributed by atoms with van der Waals surface area (Å²) in [5.41, 5.74) is -0.0637. The fourth-order valence-corrected chi connectivity index (χ4v) is 1.47. The molecule has 0 aromatic heterocycles. The number of aliphatic hydroxyl groups excluding tert-OH is 1. The molecule has 1 aromatic carbocycles. The molecule has 0 atom stereocenters. The van der Waals surface area contributed by atoms with Crippen molar-refractivity contribution in [3.63, 3.8) is 0 Å². The Labute approximate surface area is 118 Å². The van der Waals surface area contributed by atoms with E-state index in [9.17, 15) is 9.90 Å². The standard InChI is InChI=1S/C12H10BrN3O3/c1-2-19-12(18)11(10(17)7-14)16-15-9-5-3-4-8(13)6-9/h3-6,17H,2H2,1H3/b11-10-,16-15?. The first-order valence-electron chi connectivity index (χ1n) is 5.26. The van der Waals surface area contributed by atoms with Gasteiger partial charge in [-0.15, -0.1) is 5.11 Å². The number of allylic oxidation sites excluding steroid dienone is 1. The van der Waals surface area contributed by atoms with Crippen LogP contribution >= 0.6 is 15.9 Å². The number of rotatable bonds is 4. The van der Waals surface area contributed by atoms with Gasteiger partial charge in [0.2, 0.25) is 11.5 Å². The number of hydrogen-bond acceptors (Lipinski definition) is 6. The molecule has 0 aliphatic rings. The van der Waals surface area contributed by atoms with Gasteiger partial charge in [-0.2, -0.15) is 10.4 Å². The van der Waals surface area contributed by atoms with Crippen LogP contribution in [0.2, 0.25) is 0 Å². The smallest absolute Gasteiger partial charge is 0.363 e. The van der Waals surface area contributed by atoms with Crippen LogP contribution in [-0.2, 0) is 9.53 Å². The summed E-state index contributed by atoms with van der Waals surface area (Å²) in [6, 6.07) is 8.27. The minimum Gasteiger partial charge on any atom is -0.498 e. The normalized spacial score (nSPS) is 11.8. The van der Waals surface area contributed by atoms with Gasteiger partial charge in [-0.25, -0.2) is 4.79 Å². The molecule has 19 heavy (non-hydrogen) atoms. The highest BCUT2D eigenvalue weighted by Crippen LogP contribution is 2.20. The number of hydrogen-bond donors (Lipinski definition) is 1. The number of halogens is 1. The van der Waals surface area contributed by atoms with E-state index in [1.54, 1.807) is 31.2 Å². The van der Waals surface area contributed by atoms with E-state index in [1.165, 1.54) is 6.07 Å². The number of nitriles is 1. The van der Waals surface area contributed by atoms with Crippen molar-refractivity contribution in [3.05, 3.63) is 40.2 Å². The molecule has 0 spiro atoms. The molecule has 0 aliphatic heterocycles. The van der Waals surface area contributed by atoms with E-state index in [4.69, 9.17) is 5.26 Å². The van der Waals surface area contributed by atoms with Crippen LogP contribution in [-0.4, -0.2) is 17.7 Å². The van der Waals surface area contributed by atoms with Gasteiger partial charge in [0.05, 0.1) is 12.3 Å². The van der Waals surface area contributed by atoms with Crippen LogP contribution in [0.15, 0.2) is 50.4 Å². The van der Waals surface area contributed by atoms with Gasteiger partial charge in [-0.3, -0.25) is 0 Å². The zero-order valence-electron chi connectivity index (χ0n) is 10.00. The second-order valence-corrected chi connectivity index (χ2v) is 4.13. The second kappa shape index (κ2) is 7.28. The number of aliphatic hydroxyl groups is 1. The maximum atomic E-state index is 11.5. The molecule has 98 valence electrons. The van der Waals surface area contributed by atoms with Crippen molar-refractivity contribution in [2.75, 3.05) is 6.61 Å². The van der Waals surface area contributed by atoms with Crippen LogP contribution in [0.4, 0.5) is 5.69 Å². The van der Waals surface area contributed by atoms with Crippen molar-refractivity contribution in [3.8, 4) is 6.07 Å². The average Bonchev–Trinajstić information content (AvgIpc) is 2.39. The van der Waals surface area contributed by atoms with E-state index in [2.05, 4.69) is 30.9 Å². The van der Waals surface area contributed by atoms with Crippen LogP contribution in [0.3, 0.4) is 0 Å². The topological polar surface area (TPSA) is 95.0 Å². The van der Waals surface area contributed by atoms with E-state index < -0.39 is 17.4 Å². The minimum absolute atomic E-state index is 0.105.